The molecule has 0 aromatic carbocycles. The van der Waals surface area contributed by atoms with Gasteiger partial charge in [-0.05, 0) is 38.6 Å². The topological polar surface area (TPSA) is 3.24 Å². The Morgan fingerprint density at radius 2 is 1.56 bits per heavy atom. The lowest BCUT2D eigenvalue weighted by Crippen LogP contribution is -2.46. The number of hydrogen-bond donors (Lipinski definition) is 0. The summed E-state index contributed by atoms with van der Waals surface area (Å²) in [6, 6.07) is 1.69. The highest BCUT2D eigenvalue weighted by atomic mass is 35.5. The Hall–Kier alpha value is 0.250. The fraction of sp³-hybridized carbons (Fsp3) is 1.00. The van der Waals surface area contributed by atoms with Gasteiger partial charge in [0.15, 0.2) is 0 Å². The van der Waals surface area contributed by atoms with E-state index in [2.05, 4.69) is 4.90 Å². The van der Waals surface area contributed by atoms with Crippen LogP contribution in [0.3, 0.4) is 0 Å². The lowest BCUT2D eigenvalue weighted by Gasteiger charge is -2.41. The van der Waals surface area contributed by atoms with E-state index in [0.29, 0.717) is 0 Å². The van der Waals surface area contributed by atoms with Crippen LogP contribution in [0.4, 0.5) is 0 Å². The fourth-order valence-corrected chi connectivity index (χ4v) is 3.78. The van der Waals surface area contributed by atoms with Crippen LogP contribution in [-0.4, -0.2) is 29.4 Å². The molecule has 2 fully saturated rings. The van der Waals surface area contributed by atoms with Crippen LogP contribution in [0.2, 0.25) is 0 Å². The number of hydrogen-bond acceptors (Lipinski definition) is 1. The van der Waals surface area contributed by atoms with E-state index in [1.807, 2.05) is 0 Å². The summed E-state index contributed by atoms with van der Waals surface area (Å²) in [5, 5.41) is 0. The lowest BCUT2D eigenvalue weighted by molar-refractivity contribution is 0.0832. The van der Waals surface area contributed by atoms with Crippen molar-refractivity contribution in [2.45, 2.75) is 76.3 Å². The summed E-state index contributed by atoms with van der Waals surface area (Å²) in [6.07, 6.45) is 14.2. The summed E-state index contributed by atoms with van der Waals surface area (Å²) in [5.41, 5.74) is 0. The van der Waals surface area contributed by atoms with E-state index >= 15 is 0 Å². The van der Waals surface area contributed by atoms with Gasteiger partial charge in [-0.1, -0.05) is 32.1 Å². The highest BCUT2D eigenvalue weighted by Gasteiger charge is 2.28. The number of alkyl halides is 1. The van der Waals surface area contributed by atoms with Gasteiger partial charge in [0.25, 0.3) is 0 Å². The maximum Gasteiger partial charge on any atom is 0.0238 e. The Balaban J connectivity index is 1.92. The summed E-state index contributed by atoms with van der Waals surface area (Å²) < 4.78 is 0. The quantitative estimate of drug-likeness (QED) is 0.531. The standard InChI is InChI=1S/C14H26ClN/c15-11-10-14-9-5-6-12-16(14)13-7-3-1-2-4-8-13/h13-14H,1-12H2. The van der Waals surface area contributed by atoms with Crippen molar-refractivity contribution in [1.29, 1.82) is 0 Å². The van der Waals surface area contributed by atoms with Crippen molar-refractivity contribution in [1.82, 2.24) is 4.90 Å². The molecule has 2 heteroatoms. The molecule has 0 bridgehead atoms. The molecule has 0 aromatic heterocycles. The second-order valence-corrected chi connectivity index (χ2v) is 5.89. The van der Waals surface area contributed by atoms with Crippen LogP contribution in [0, 0.1) is 0 Å². The van der Waals surface area contributed by atoms with Crippen LogP contribution >= 0.6 is 11.6 Å². The third-order valence-electron chi connectivity index (χ3n) is 4.41. The third kappa shape index (κ3) is 3.37. The average Bonchev–Trinajstić information content (AvgIpc) is 2.59. The highest BCUT2D eigenvalue weighted by molar-refractivity contribution is 6.17. The van der Waals surface area contributed by atoms with Crippen molar-refractivity contribution in [3.05, 3.63) is 0 Å². The van der Waals surface area contributed by atoms with E-state index in [4.69, 9.17) is 11.6 Å². The van der Waals surface area contributed by atoms with E-state index < -0.39 is 0 Å². The first-order valence-corrected chi connectivity index (χ1v) is 7.77. The third-order valence-corrected chi connectivity index (χ3v) is 4.63. The summed E-state index contributed by atoms with van der Waals surface area (Å²) in [7, 11) is 0. The van der Waals surface area contributed by atoms with Gasteiger partial charge < -0.3 is 0 Å². The smallest absolute Gasteiger partial charge is 0.0238 e. The van der Waals surface area contributed by atoms with E-state index in [1.165, 1.54) is 70.8 Å². The van der Waals surface area contributed by atoms with Crippen molar-refractivity contribution in [3.8, 4) is 0 Å². The predicted octanol–water partition coefficient (Wildman–Crippen LogP) is 4.19. The summed E-state index contributed by atoms with van der Waals surface area (Å²) in [5.74, 6) is 0.841. The second kappa shape index (κ2) is 6.86. The molecule has 0 N–H and O–H groups in total. The van der Waals surface area contributed by atoms with Gasteiger partial charge in [0, 0.05) is 18.0 Å². The first kappa shape index (κ1) is 12.7. The normalized spacial score (nSPS) is 30.2. The summed E-state index contributed by atoms with van der Waals surface area (Å²) in [6.45, 7) is 1.34. The number of nitrogens with zero attached hydrogens (tertiary/aromatic N) is 1. The minimum Gasteiger partial charge on any atom is -0.297 e. The molecule has 0 radical (unpaired) electrons. The zero-order valence-electron chi connectivity index (χ0n) is 10.5. The number of halogens is 1. The van der Waals surface area contributed by atoms with Crippen molar-refractivity contribution in [2.24, 2.45) is 0 Å². The molecule has 94 valence electrons. The van der Waals surface area contributed by atoms with Gasteiger partial charge in [-0.2, -0.15) is 0 Å². The molecular formula is C14H26ClN. The Morgan fingerprint density at radius 3 is 2.25 bits per heavy atom. The molecule has 2 aliphatic rings. The monoisotopic (exact) mass is 243 g/mol. The van der Waals surface area contributed by atoms with Gasteiger partial charge in [0.1, 0.15) is 0 Å². The average molecular weight is 244 g/mol. The molecule has 1 heterocycles. The van der Waals surface area contributed by atoms with E-state index in [9.17, 15) is 0 Å². The van der Waals surface area contributed by atoms with Crippen molar-refractivity contribution < 1.29 is 0 Å². The zero-order chi connectivity index (χ0) is 11.2. The van der Waals surface area contributed by atoms with E-state index in [1.54, 1.807) is 0 Å². The first-order valence-electron chi connectivity index (χ1n) is 7.23. The van der Waals surface area contributed by atoms with Gasteiger partial charge in [0.2, 0.25) is 0 Å². The zero-order valence-corrected chi connectivity index (χ0v) is 11.2. The van der Waals surface area contributed by atoms with E-state index in [-0.39, 0.29) is 0 Å². The van der Waals surface area contributed by atoms with Gasteiger partial charge in [0.05, 0.1) is 0 Å². The lowest BCUT2D eigenvalue weighted by atomic mass is 9.95. The molecule has 16 heavy (non-hydrogen) atoms. The van der Waals surface area contributed by atoms with Crippen LogP contribution in [0.1, 0.15) is 64.2 Å². The van der Waals surface area contributed by atoms with Crippen molar-refractivity contribution in [3.63, 3.8) is 0 Å². The summed E-state index contributed by atoms with van der Waals surface area (Å²) in [4.78, 5) is 2.82. The molecule has 2 rings (SSSR count). The van der Waals surface area contributed by atoms with Crippen molar-refractivity contribution in [2.75, 3.05) is 12.4 Å². The van der Waals surface area contributed by atoms with Crippen LogP contribution in [0.15, 0.2) is 0 Å². The summed E-state index contributed by atoms with van der Waals surface area (Å²) >= 11 is 5.94. The van der Waals surface area contributed by atoms with Gasteiger partial charge >= 0.3 is 0 Å². The first-order chi connectivity index (χ1) is 7.92. The molecule has 1 saturated heterocycles. The minimum absolute atomic E-state index is 0.800. The molecule has 0 amide bonds. The van der Waals surface area contributed by atoms with Gasteiger partial charge in [-0.3, -0.25) is 4.90 Å². The number of piperidine rings is 1. The Labute approximate surface area is 106 Å². The van der Waals surface area contributed by atoms with Crippen LogP contribution in [-0.2, 0) is 0 Å². The van der Waals surface area contributed by atoms with Crippen LogP contribution in [0.25, 0.3) is 0 Å². The Morgan fingerprint density at radius 1 is 0.875 bits per heavy atom. The molecule has 0 aromatic rings. The molecule has 1 unspecified atom stereocenters. The molecule has 1 aliphatic carbocycles. The second-order valence-electron chi connectivity index (χ2n) is 5.51. The molecule has 1 aliphatic heterocycles. The Bertz CT molecular complexity index is 185. The fourth-order valence-electron chi connectivity index (χ4n) is 3.53. The molecule has 1 nitrogen and oxygen atoms in total. The molecular weight excluding hydrogens is 218 g/mol. The van der Waals surface area contributed by atoms with Crippen LogP contribution < -0.4 is 0 Å². The molecule has 1 atom stereocenters. The predicted molar refractivity (Wildman–Crippen MR) is 71.2 cm³/mol. The van der Waals surface area contributed by atoms with Gasteiger partial charge in [-0.25, -0.2) is 0 Å². The number of rotatable bonds is 3. The minimum atomic E-state index is 0.800. The SMILES string of the molecule is ClCCC1CCCCN1C1CCCCCC1. The highest BCUT2D eigenvalue weighted by Crippen LogP contribution is 2.29. The maximum absolute atomic E-state index is 5.94. The Kier molecular flexibility index (Phi) is 5.44. The largest absolute Gasteiger partial charge is 0.297 e. The van der Waals surface area contributed by atoms with Crippen molar-refractivity contribution >= 4 is 11.6 Å². The molecule has 0 spiro atoms. The van der Waals surface area contributed by atoms with Crippen LogP contribution in [0.5, 0.6) is 0 Å². The van der Waals surface area contributed by atoms with E-state index in [0.717, 1.165) is 18.0 Å². The maximum atomic E-state index is 5.94. The van der Waals surface area contributed by atoms with Gasteiger partial charge in [-0.15, -0.1) is 11.6 Å². The molecule has 1 saturated carbocycles. The number of likely N-dealkylation sites (tertiary alicyclic amines) is 1.